The van der Waals surface area contributed by atoms with Gasteiger partial charge in [-0.15, -0.1) is 0 Å². The minimum absolute atomic E-state index is 0.0887. The van der Waals surface area contributed by atoms with Crippen LogP contribution in [0, 0.1) is 6.92 Å². The first kappa shape index (κ1) is 18.4. The van der Waals surface area contributed by atoms with E-state index in [0.717, 1.165) is 35.9 Å². The largest absolute Gasteiger partial charge is 0.376 e. The van der Waals surface area contributed by atoms with Gasteiger partial charge in [0.25, 0.3) is 5.56 Å². The zero-order valence-electron chi connectivity index (χ0n) is 15.7. The molecule has 146 valence electrons. The van der Waals surface area contributed by atoms with Crippen molar-refractivity contribution >= 4 is 16.8 Å². The molecule has 0 radical (unpaired) electrons. The van der Waals surface area contributed by atoms with E-state index in [0.29, 0.717) is 24.4 Å². The summed E-state index contributed by atoms with van der Waals surface area (Å²) in [7, 11) is 0. The molecular formula is C20H22N4O4. The van der Waals surface area contributed by atoms with Gasteiger partial charge in [0.1, 0.15) is 0 Å². The van der Waals surface area contributed by atoms with Crippen molar-refractivity contribution in [3.8, 4) is 11.4 Å². The highest BCUT2D eigenvalue weighted by Crippen LogP contribution is 2.18. The third kappa shape index (κ3) is 4.12. The van der Waals surface area contributed by atoms with Crippen LogP contribution >= 0.6 is 0 Å². The highest BCUT2D eigenvalue weighted by molar-refractivity contribution is 5.82. The molecule has 1 fully saturated rings. The van der Waals surface area contributed by atoms with Gasteiger partial charge >= 0.3 is 0 Å². The van der Waals surface area contributed by atoms with Gasteiger partial charge in [-0.3, -0.25) is 9.59 Å². The van der Waals surface area contributed by atoms with Crippen LogP contribution in [0.3, 0.4) is 0 Å². The smallest absolute Gasteiger partial charge is 0.259 e. The van der Waals surface area contributed by atoms with Gasteiger partial charge in [0, 0.05) is 31.5 Å². The molecule has 3 heterocycles. The van der Waals surface area contributed by atoms with Gasteiger partial charge in [0.2, 0.25) is 17.6 Å². The first-order valence-electron chi connectivity index (χ1n) is 9.43. The summed E-state index contributed by atoms with van der Waals surface area (Å²) < 4.78 is 10.7. The summed E-state index contributed by atoms with van der Waals surface area (Å²) in [6, 6.07) is 7.57. The number of ether oxygens (including phenoxy) is 1. The van der Waals surface area contributed by atoms with E-state index in [1.165, 1.54) is 0 Å². The molecule has 8 nitrogen and oxygen atoms in total. The molecule has 1 saturated heterocycles. The number of H-pyrrole nitrogens is 1. The Hall–Kier alpha value is -3.00. The lowest BCUT2D eigenvalue weighted by atomic mass is 10.1. The highest BCUT2D eigenvalue weighted by Gasteiger charge is 2.17. The van der Waals surface area contributed by atoms with Gasteiger partial charge in [-0.1, -0.05) is 17.3 Å². The van der Waals surface area contributed by atoms with Crippen molar-refractivity contribution in [2.45, 2.75) is 38.7 Å². The maximum Gasteiger partial charge on any atom is 0.259 e. The number of hydrogen-bond donors (Lipinski definition) is 2. The van der Waals surface area contributed by atoms with Crippen LogP contribution in [0.25, 0.3) is 22.3 Å². The molecule has 3 aromatic rings. The Morgan fingerprint density at radius 3 is 3.07 bits per heavy atom. The summed E-state index contributed by atoms with van der Waals surface area (Å²) in [5, 5.41) is 7.65. The molecule has 0 aliphatic carbocycles. The van der Waals surface area contributed by atoms with Crippen molar-refractivity contribution in [3.05, 3.63) is 46.1 Å². The van der Waals surface area contributed by atoms with E-state index in [9.17, 15) is 9.59 Å². The summed E-state index contributed by atoms with van der Waals surface area (Å²) in [6.07, 6.45) is 2.69. The average Bonchev–Trinajstić information content (AvgIpc) is 3.36. The molecule has 2 N–H and O–H groups in total. The van der Waals surface area contributed by atoms with Crippen molar-refractivity contribution in [2.24, 2.45) is 0 Å². The first-order valence-corrected chi connectivity index (χ1v) is 9.43. The number of aromatic nitrogens is 3. The van der Waals surface area contributed by atoms with Crippen LogP contribution < -0.4 is 10.9 Å². The Labute approximate surface area is 161 Å². The zero-order chi connectivity index (χ0) is 19.5. The fraction of sp³-hybridized carbons (Fsp3) is 0.400. The SMILES string of the molecule is Cc1ccc2cc(-c3noc(CCC(=O)NC[C@H]4CCCO4)n3)c(=O)[nH]c2c1. The Balaban J connectivity index is 1.40. The van der Waals surface area contributed by atoms with E-state index < -0.39 is 0 Å². The lowest BCUT2D eigenvalue weighted by Gasteiger charge is -2.09. The summed E-state index contributed by atoms with van der Waals surface area (Å²) in [6.45, 7) is 3.26. The fourth-order valence-electron chi connectivity index (χ4n) is 3.29. The number of rotatable bonds is 6. The van der Waals surface area contributed by atoms with Crippen LogP contribution in [-0.4, -0.2) is 40.3 Å². The quantitative estimate of drug-likeness (QED) is 0.676. The predicted octanol–water partition coefficient (Wildman–Crippen LogP) is 2.11. The van der Waals surface area contributed by atoms with Crippen LogP contribution in [0.1, 0.15) is 30.7 Å². The molecule has 4 rings (SSSR count). The maximum absolute atomic E-state index is 12.4. The molecule has 0 bridgehead atoms. The number of carbonyl (C=O) groups excluding carboxylic acids is 1. The van der Waals surface area contributed by atoms with Crippen molar-refractivity contribution < 1.29 is 14.1 Å². The minimum atomic E-state index is -0.278. The number of benzene rings is 1. The molecular weight excluding hydrogens is 360 g/mol. The van der Waals surface area contributed by atoms with Crippen LogP contribution in [0.4, 0.5) is 0 Å². The third-order valence-corrected chi connectivity index (χ3v) is 4.83. The molecule has 1 aliphatic heterocycles. The van der Waals surface area contributed by atoms with Gasteiger partial charge < -0.3 is 19.6 Å². The second-order valence-corrected chi connectivity index (χ2v) is 7.05. The molecule has 8 heteroatoms. The Kier molecular flexibility index (Phi) is 5.21. The van der Waals surface area contributed by atoms with E-state index >= 15 is 0 Å². The molecule has 2 aromatic heterocycles. The fourth-order valence-corrected chi connectivity index (χ4v) is 3.29. The molecule has 0 saturated carbocycles. The van der Waals surface area contributed by atoms with E-state index in [1.54, 1.807) is 6.07 Å². The van der Waals surface area contributed by atoms with Crippen LogP contribution in [0.5, 0.6) is 0 Å². The van der Waals surface area contributed by atoms with Crippen molar-refractivity contribution in [1.29, 1.82) is 0 Å². The van der Waals surface area contributed by atoms with E-state index in [4.69, 9.17) is 9.26 Å². The third-order valence-electron chi connectivity index (χ3n) is 4.83. The summed E-state index contributed by atoms with van der Waals surface area (Å²) >= 11 is 0. The number of pyridine rings is 1. The second kappa shape index (κ2) is 7.93. The predicted molar refractivity (Wildman–Crippen MR) is 103 cm³/mol. The summed E-state index contributed by atoms with van der Waals surface area (Å²) in [4.78, 5) is 31.5. The zero-order valence-corrected chi connectivity index (χ0v) is 15.7. The number of nitrogens with one attached hydrogen (secondary N) is 2. The van der Waals surface area contributed by atoms with Crippen LogP contribution in [-0.2, 0) is 16.0 Å². The normalized spacial score (nSPS) is 16.5. The molecule has 0 spiro atoms. The molecule has 1 aromatic carbocycles. The number of nitrogens with zero attached hydrogens (tertiary/aromatic N) is 2. The monoisotopic (exact) mass is 382 g/mol. The van der Waals surface area contributed by atoms with Crippen LogP contribution in [0.15, 0.2) is 33.6 Å². The van der Waals surface area contributed by atoms with Crippen molar-refractivity contribution in [3.63, 3.8) is 0 Å². The van der Waals surface area contributed by atoms with Gasteiger partial charge in [-0.05, 0) is 42.8 Å². The van der Waals surface area contributed by atoms with Gasteiger partial charge in [0.05, 0.1) is 11.7 Å². The number of aryl methyl sites for hydroxylation is 2. The lowest BCUT2D eigenvalue weighted by molar-refractivity contribution is -0.121. The van der Waals surface area contributed by atoms with Gasteiger partial charge in [-0.2, -0.15) is 4.98 Å². The first-order chi connectivity index (χ1) is 13.6. The standard InChI is InChI=1S/C20H22N4O4/c1-12-4-5-13-10-15(20(26)22-16(13)9-12)19-23-18(28-24-19)7-6-17(25)21-11-14-3-2-8-27-14/h4-5,9-10,14H,2-3,6-8,11H2,1H3,(H,21,25)(H,22,26)/t14-/m1/s1. The highest BCUT2D eigenvalue weighted by atomic mass is 16.5. The van der Waals surface area contributed by atoms with Crippen LogP contribution in [0.2, 0.25) is 0 Å². The number of aromatic amines is 1. The number of hydrogen-bond acceptors (Lipinski definition) is 6. The number of carbonyl (C=O) groups is 1. The summed E-state index contributed by atoms with van der Waals surface area (Å²) in [5.74, 6) is 0.457. The Morgan fingerprint density at radius 1 is 1.36 bits per heavy atom. The topological polar surface area (TPSA) is 110 Å². The van der Waals surface area contributed by atoms with E-state index in [2.05, 4.69) is 20.4 Å². The van der Waals surface area contributed by atoms with Crippen molar-refractivity contribution in [2.75, 3.05) is 13.2 Å². The molecule has 1 atom stereocenters. The Bertz CT molecular complexity index is 1050. The maximum atomic E-state index is 12.4. The molecule has 1 aliphatic rings. The van der Waals surface area contributed by atoms with E-state index in [-0.39, 0.29) is 29.8 Å². The molecule has 28 heavy (non-hydrogen) atoms. The lowest BCUT2D eigenvalue weighted by Crippen LogP contribution is -2.31. The summed E-state index contributed by atoms with van der Waals surface area (Å²) in [5.41, 5.74) is 1.89. The minimum Gasteiger partial charge on any atom is -0.376 e. The van der Waals surface area contributed by atoms with Crippen molar-refractivity contribution in [1.82, 2.24) is 20.4 Å². The Morgan fingerprint density at radius 2 is 2.25 bits per heavy atom. The number of fused-ring (bicyclic) bond motifs is 1. The molecule has 0 unspecified atom stereocenters. The average molecular weight is 382 g/mol. The van der Waals surface area contributed by atoms with Gasteiger partial charge in [-0.25, -0.2) is 0 Å². The second-order valence-electron chi connectivity index (χ2n) is 7.05. The number of amides is 1. The van der Waals surface area contributed by atoms with E-state index in [1.807, 2.05) is 25.1 Å². The molecule has 1 amide bonds. The van der Waals surface area contributed by atoms with Gasteiger partial charge in [0.15, 0.2) is 0 Å².